The molecule has 0 radical (unpaired) electrons. The molecule has 33 heavy (non-hydrogen) atoms. The van der Waals surface area contributed by atoms with E-state index in [1.807, 2.05) is 6.07 Å². The third-order valence-corrected chi connectivity index (χ3v) is 8.84. The zero-order valence-corrected chi connectivity index (χ0v) is 18.5. The molecule has 0 bridgehead atoms. The molecule has 4 aliphatic rings. The molecule has 3 aliphatic carbocycles. The minimum Gasteiger partial charge on any atom is -0.504 e. The Balaban J connectivity index is 1.44. The van der Waals surface area contributed by atoms with Gasteiger partial charge in [0.25, 0.3) is 0 Å². The number of benzene rings is 1. The first-order chi connectivity index (χ1) is 15.6. The Morgan fingerprint density at radius 3 is 2.55 bits per heavy atom. The fourth-order valence-corrected chi connectivity index (χ4v) is 6.99. The number of phenols is 1. The quantitative estimate of drug-likeness (QED) is 0.382. The molecule has 0 amide bonds. The van der Waals surface area contributed by atoms with Crippen LogP contribution in [0.2, 0.25) is 0 Å². The van der Waals surface area contributed by atoms with Gasteiger partial charge in [0.15, 0.2) is 17.6 Å². The highest BCUT2D eigenvalue weighted by atomic mass is 16.7. The van der Waals surface area contributed by atoms with Gasteiger partial charge in [-0.05, 0) is 73.3 Å². The fraction of sp³-hybridized carbons (Fsp3) is 0.708. The van der Waals surface area contributed by atoms with Crippen molar-refractivity contribution in [1.82, 2.24) is 0 Å². The lowest BCUT2D eigenvalue weighted by Gasteiger charge is -2.50. The van der Waals surface area contributed by atoms with E-state index >= 15 is 0 Å². The van der Waals surface area contributed by atoms with Crippen LogP contribution >= 0.6 is 0 Å². The average molecular weight is 465 g/mol. The predicted octanol–water partition coefficient (Wildman–Crippen LogP) is 0.880. The molecule has 182 valence electrons. The van der Waals surface area contributed by atoms with Crippen molar-refractivity contribution in [2.45, 2.75) is 88.2 Å². The van der Waals surface area contributed by atoms with E-state index in [0.29, 0.717) is 18.3 Å². The summed E-state index contributed by atoms with van der Waals surface area (Å²) in [7, 11) is 0. The number of aliphatic hydroxyl groups excluding tert-OH is 4. The van der Waals surface area contributed by atoms with Gasteiger partial charge in [-0.15, -0.1) is 0 Å². The summed E-state index contributed by atoms with van der Waals surface area (Å²) in [6, 6.07) is 3.43. The first-order valence-electron chi connectivity index (χ1n) is 11.8. The van der Waals surface area contributed by atoms with Crippen LogP contribution in [-0.2, 0) is 16.0 Å². The van der Waals surface area contributed by atoms with Crippen LogP contribution in [0, 0.1) is 17.3 Å². The second-order valence-corrected chi connectivity index (χ2v) is 10.4. The predicted molar refractivity (Wildman–Crippen MR) is 114 cm³/mol. The van der Waals surface area contributed by atoms with Gasteiger partial charge in [-0.2, -0.15) is 0 Å². The Hall–Kier alpha value is -1.91. The summed E-state index contributed by atoms with van der Waals surface area (Å²) >= 11 is 0. The number of carboxylic acid groups (broad SMARTS) is 1. The van der Waals surface area contributed by atoms with Crippen molar-refractivity contribution in [3.05, 3.63) is 23.3 Å². The molecule has 2 saturated carbocycles. The first kappa shape index (κ1) is 22.9. The van der Waals surface area contributed by atoms with Crippen molar-refractivity contribution in [2.75, 3.05) is 0 Å². The molecule has 7 unspecified atom stereocenters. The smallest absolute Gasteiger partial charge is 0.335 e. The van der Waals surface area contributed by atoms with E-state index in [0.717, 1.165) is 43.2 Å². The highest BCUT2D eigenvalue weighted by Crippen LogP contribution is 2.61. The molecule has 0 spiro atoms. The van der Waals surface area contributed by atoms with Crippen LogP contribution < -0.4 is 4.74 Å². The SMILES string of the molecule is CC12CCC3c4ccc(O)c(O[C@@H]5OC(C(=O)O)[C@@H](O)[C@@H](O)C5O)c4CCC3C1CCC2O. The van der Waals surface area contributed by atoms with Crippen LogP contribution in [0.15, 0.2) is 12.1 Å². The molecular formula is C24H32O9. The molecule has 9 nitrogen and oxygen atoms in total. The van der Waals surface area contributed by atoms with Crippen LogP contribution in [0.1, 0.15) is 56.1 Å². The molecular weight excluding hydrogens is 432 g/mol. The van der Waals surface area contributed by atoms with Gasteiger partial charge in [-0.3, -0.25) is 0 Å². The van der Waals surface area contributed by atoms with Crippen molar-refractivity contribution >= 4 is 5.97 Å². The average Bonchev–Trinajstić information content (AvgIpc) is 3.09. The number of ether oxygens (including phenoxy) is 2. The monoisotopic (exact) mass is 464 g/mol. The van der Waals surface area contributed by atoms with Gasteiger partial charge in [-0.1, -0.05) is 13.0 Å². The lowest BCUT2D eigenvalue weighted by atomic mass is 9.55. The van der Waals surface area contributed by atoms with E-state index < -0.39 is 36.7 Å². The molecule has 0 aromatic heterocycles. The number of fused-ring (bicyclic) bond motifs is 5. The topological polar surface area (TPSA) is 157 Å². The van der Waals surface area contributed by atoms with Gasteiger partial charge >= 0.3 is 5.97 Å². The number of hydrogen-bond donors (Lipinski definition) is 6. The van der Waals surface area contributed by atoms with Crippen molar-refractivity contribution in [3.8, 4) is 11.5 Å². The van der Waals surface area contributed by atoms with Gasteiger partial charge in [0.05, 0.1) is 6.10 Å². The van der Waals surface area contributed by atoms with E-state index in [9.17, 15) is 35.4 Å². The second kappa shape index (κ2) is 8.09. The van der Waals surface area contributed by atoms with E-state index in [-0.39, 0.29) is 28.9 Å². The Morgan fingerprint density at radius 2 is 1.82 bits per heavy atom. The standard InChI is InChI=1S/C24H32O9/c1-24-9-8-11-10-4-6-15(25)20(13(10)3-2-12(11)14(24)5-7-16(24)26)32-23-19(29)17(27)18(28)21(33-23)22(30)31/h4,6,11-12,14,16-19,21,23,25-29H,2-3,5,7-9H2,1H3,(H,30,31)/t11?,12?,14?,16?,17-,18+,19?,21?,23-,24?/m1/s1. The summed E-state index contributed by atoms with van der Waals surface area (Å²) in [6.45, 7) is 2.20. The fourth-order valence-electron chi connectivity index (χ4n) is 6.99. The van der Waals surface area contributed by atoms with Gasteiger partial charge in [0, 0.05) is 5.56 Å². The van der Waals surface area contributed by atoms with Crippen LogP contribution in [0.25, 0.3) is 0 Å². The zero-order valence-electron chi connectivity index (χ0n) is 18.5. The van der Waals surface area contributed by atoms with E-state index in [1.54, 1.807) is 0 Å². The molecule has 9 heteroatoms. The Labute approximate surface area is 191 Å². The Morgan fingerprint density at radius 1 is 1.06 bits per heavy atom. The third-order valence-electron chi connectivity index (χ3n) is 8.84. The largest absolute Gasteiger partial charge is 0.504 e. The van der Waals surface area contributed by atoms with Crippen LogP contribution in [0.4, 0.5) is 0 Å². The maximum absolute atomic E-state index is 11.4. The van der Waals surface area contributed by atoms with E-state index in [4.69, 9.17) is 9.47 Å². The molecule has 5 rings (SSSR count). The summed E-state index contributed by atoms with van der Waals surface area (Å²) < 4.78 is 11.1. The number of aliphatic hydroxyl groups is 4. The number of phenolic OH excluding ortho intramolecular Hbond substituents is 1. The lowest BCUT2D eigenvalue weighted by Crippen LogP contribution is -2.61. The lowest BCUT2D eigenvalue weighted by molar-refractivity contribution is -0.271. The Kier molecular flexibility index (Phi) is 5.61. The number of hydrogen-bond acceptors (Lipinski definition) is 8. The molecule has 1 aliphatic heterocycles. The molecule has 1 saturated heterocycles. The second-order valence-electron chi connectivity index (χ2n) is 10.4. The van der Waals surface area contributed by atoms with E-state index in [1.165, 1.54) is 6.07 Å². The maximum atomic E-state index is 11.4. The Bertz CT molecular complexity index is 935. The molecule has 1 aromatic rings. The van der Waals surface area contributed by atoms with Crippen LogP contribution in [-0.4, -0.2) is 73.4 Å². The van der Waals surface area contributed by atoms with Gasteiger partial charge in [-0.25, -0.2) is 4.79 Å². The molecule has 1 aromatic carbocycles. The number of aliphatic carboxylic acids is 1. The van der Waals surface area contributed by atoms with Crippen molar-refractivity contribution in [3.63, 3.8) is 0 Å². The molecule has 6 N–H and O–H groups in total. The number of aromatic hydroxyl groups is 1. The van der Waals surface area contributed by atoms with Crippen LogP contribution in [0.3, 0.4) is 0 Å². The number of rotatable bonds is 3. The summed E-state index contributed by atoms with van der Waals surface area (Å²) in [5, 5.41) is 60.8. The van der Waals surface area contributed by atoms with Crippen LogP contribution in [0.5, 0.6) is 11.5 Å². The highest BCUT2D eigenvalue weighted by molar-refractivity contribution is 5.73. The molecule has 10 atom stereocenters. The van der Waals surface area contributed by atoms with Crippen molar-refractivity contribution in [2.24, 2.45) is 17.3 Å². The van der Waals surface area contributed by atoms with Gasteiger partial charge in [0.2, 0.25) is 6.29 Å². The molecule has 1 heterocycles. The summed E-state index contributed by atoms with van der Waals surface area (Å²) in [4.78, 5) is 11.4. The summed E-state index contributed by atoms with van der Waals surface area (Å²) in [6.07, 6.45) is -3.72. The highest BCUT2D eigenvalue weighted by Gasteiger charge is 2.55. The normalized spacial score (nSPS) is 44.5. The summed E-state index contributed by atoms with van der Waals surface area (Å²) in [5.41, 5.74) is 1.79. The van der Waals surface area contributed by atoms with Crippen molar-refractivity contribution in [1.29, 1.82) is 0 Å². The molecule has 3 fully saturated rings. The van der Waals surface area contributed by atoms with Gasteiger partial charge in [0.1, 0.15) is 18.3 Å². The minimum atomic E-state index is -1.81. The minimum absolute atomic E-state index is 0.0578. The third kappa shape index (κ3) is 3.44. The maximum Gasteiger partial charge on any atom is 0.335 e. The number of carboxylic acids is 1. The van der Waals surface area contributed by atoms with E-state index in [2.05, 4.69) is 6.92 Å². The van der Waals surface area contributed by atoms with Gasteiger partial charge < -0.3 is 40.1 Å². The zero-order chi connectivity index (χ0) is 23.7. The van der Waals surface area contributed by atoms with Crippen molar-refractivity contribution < 1.29 is 44.9 Å². The first-order valence-corrected chi connectivity index (χ1v) is 11.8. The number of carbonyl (C=O) groups is 1. The summed E-state index contributed by atoms with van der Waals surface area (Å²) in [5.74, 6) is -0.413.